The summed E-state index contributed by atoms with van der Waals surface area (Å²) >= 11 is 0. The quantitative estimate of drug-likeness (QED) is 0.734. The topological polar surface area (TPSA) is 71.5 Å². The first-order chi connectivity index (χ1) is 12.0. The smallest absolute Gasteiger partial charge is 0.307 e. The highest BCUT2D eigenvalue weighted by Gasteiger charge is 2.20. The van der Waals surface area contributed by atoms with E-state index in [0.717, 1.165) is 38.9 Å². The van der Waals surface area contributed by atoms with Crippen molar-refractivity contribution in [1.82, 2.24) is 4.98 Å². The third kappa shape index (κ3) is 2.93. The van der Waals surface area contributed by atoms with Crippen molar-refractivity contribution in [3.63, 3.8) is 0 Å². The van der Waals surface area contributed by atoms with Crippen molar-refractivity contribution in [1.29, 1.82) is 0 Å². The Hall–Kier alpha value is -2.95. The average Bonchev–Trinajstić information content (AvgIpc) is 2.96. The van der Waals surface area contributed by atoms with E-state index >= 15 is 0 Å². The number of hydrogen-bond acceptors (Lipinski definition) is 3. The molecule has 25 heavy (non-hydrogen) atoms. The number of carboxylic acid groups (broad SMARTS) is 1. The van der Waals surface area contributed by atoms with Gasteiger partial charge in [0.15, 0.2) is 0 Å². The summed E-state index contributed by atoms with van der Waals surface area (Å²) in [5.74, 6) is 0.472. The van der Waals surface area contributed by atoms with Crippen LogP contribution in [0.25, 0.3) is 22.2 Å². The fourth-order valence-electron chi connectivity index (χ4n) is 3.14. The molecular weight excluding hydrogens is 318 g/mol. The van der Waals surface area contributed by atoms with Crippen LogP contribution in [0.5, 0.6) is 11.5 Å². The summed E-state index contributed by atoms with van der Waals surface area (Å²) in [6, 6.07) is 9.49. The molecule has 1 heterocycles. The molecule has 0 spiro atoms. The number of aryl methyl sites for hydroxylation is 2. The highest BCUT2D eigenvalue weighted by molar-refractivity contribution is 5.96. The minimum Gasteiger partial charge on any atom is -0.497 e. The fourth-order valence-corrected chi connectivity index (χ4v) is 3.14. The van der Waals surface area contributed by atoms with Crippen LogP contribution in [0.15, 0.2) is 30.3 Å². The van der Waals surface area contributed by atoms with Gasteiger partial charge < -0.3 is 19.6 Å². The molecule has 0 radical (unpaired) electrons. The summed E-state index contributed by atoms with van der Waals surface area (Å²) in [5, 5.41) is 10.3. The maximum atomic E-state index is 11.5. The Morgan fingerprint density at radius 3 is 2.52 bits per heavy atom. The zero-order chi connectivity index (χ0) is 18.1. The molecule has 2 aromatic carbocycles. The van der Waals surface area contributed by atoms with E-state index in [1.165, 1.54) is 0 Å². The van der Waals surface area contributed by atoms with Crippen molar-refractivity contribution in [3.05, 3.63) is 47.0 Å². The number of H-pyrrole nitrogens is 1. The lowest BCUT2D eigenvalue weighted by Crippen LogP contribution is -2.01. The van der Waals surface area contributed by atoms with Gasteiger partial charge in [-0.15, -0.1) is 0 Å². The number of hydrogen-bond donors (Lipinski definition) is 2. The first kappa shape index (κ1) is 16.9. The van der Waals surface area contributed by atoms with E-state index < -0.39 is 5.97 Å². The van der Waals surface area contributed by atoms with Crippen molar-refractivity contribution in [2.75, 3.05) is 14.2 Å². The van der Waals surface area contributed by atoms with E-state index in [-0.39, 0.29) is 6.42 Å². The highest BCUT2D eigenvalue weighted by Crippen LogP contribution is 2.39. The van der Waals surface area contributed by atoms with Crippen molar-refractivity contribution in [3.8, 4) is 22.8 Å². The number of aliphatic carboxylic acids is 1. The van der Waals surface area contributed by atoms with Crippen molar-refractivity contribution < 1.29 is 19.4 Å². The predicted octanol–water partition coefficient (Wildman–Crippen LogP) is 4.10. The molecule has 0 fully saturated rings. The predicted molar refractivity (Wildman–Crippen MR) is 97.7 cm³/mol. The normalized spacial score (nSPS) is 10.9. The molecule has 5 heteroatoms. The Kier molecular flexibility index (Phi) is 4.40. The Balaban J connectivity index is 2.35. The molecule has 0 bridgehead atoms. The van der Waals surface area contributed by atoms with Gasteiger partial charge in [-0.1, -0.05) is 12.1 Å². The molecule has 0 aliphatic carbocycles. The summed E-state index contributed by atoms with van der Waals surface area (Å²) < 4.78 is 10.8. The van der Waals surface area contributed by atoms with E-state index in [0.29, 0.717) is 11.5 Å². The Morgan fingerprint density at radius 1 is 1.12 bits per heavy atom. The van der Waals surface area contributed by atoms with E-state index in [4.69, 9.17) is 9.47 Å². The number of fused-ring (bicyclic) bond motifs is 1. The molecule has 3 rings (SSSR count). The molecule has 0 atom stereocenters. The van der Waals surface area contributed by atoms with Gasteiger partial charge in [-0.05, 0) is 48.7 Å². The van der Waals surface area contributed by atoms with Crippen LogP contribution in [0, 0.1) is 13.8 Å². The maximum absolute atomic E-state index is 11.5. The molecule has 3 aromatic rings. The standard InChI is InChI=1S/C20H21NO4/c1-11-5-7-14-15(10-18(22)23)20(21-19(14)12(11)2)16-9-13(24-3)6-8-17(16)25-4/h5-9,21H,10H2,1-4H3,(H,22,23). The van der Waals surface area contributed by atoms with Crippen LogP contribution in [-0.4, -0.2) is 30.3 Å². The summed E-state index contributed by atoms with van der Waals surface area (Å²) in [7, 11) is 3.20. The number of benzene rings is 2. The number of aromatic nitrogens is 1. The second-order valence-electron chi connectivity index (χ2n) is 6.05. The second-order valence-corrected chi connectivity index (χ2v) is 6.05. The first-order valence-corrected chi connectivity index (χ1v) is 8.01. The SMILES string of the molecule is COc1ccc(OC)c(-c2[nH]c3c(C)c(C)ccc3c2CC(=O)O)c1. The number of rotatable bonds is 5. The molecule has 0 saturated heterocycles. The first-order valence-electron chi connectivity index (χ1n) is 8.01. The number of carboxylic acids is 1. The summed E-state index contributed by atoms with van der Waals surface area (Å²) in [6.07, 6.45) is -0.0712. The van der Waals surface area contributed by atoms with E-state index in [2.05, 4.69) is 4.98 Å². The molecular formula is C20H21NO4. The van der Waals surface area contributed by atoms with Crippen molar-refractivity contribution >= 4 is 16.9 Å². The van der Waals surface area contributed by atoms with E-state index in [1.807, 2.05) is 44.2 Å². The number of ether oxygens (including phenoxy) is 2. The van der Waals surface area contributed by atoms with Crippen LogP contribution in [0.4, 0.5) is 0 Å². The van der Waals surface area contributed by atoms with Gasteiger partial charge in [0.25, 0.3) is 0 Å². The molecule has 0 unspecified atom stereocenters. The monoisotopic (exact) mass is 339 g/mol. The van der Waals surface area contributed by atoms with E-state index in [9.17, 15) is 9.90 Å². The molecule has 5 nitrogen and oxygen atoms in total. The zero-order valence-corrected chi connectivity index (χ0v) is 14.8. The van der Waals surface area contributed by atoms with Crippen molar-refractivity contribution in [2.24, 2.45) is 0 Å². The number of methoxy groups -OCH3 is 2. The average molecular weight is 339 g/mol. The van der Waals surface area contributed by atoms with Crippen LogP contribution in [0.2, 0.25) is 0 Å². The summed E-state index contributed by atoms with van der Waals surface area (Å²) in [4.78, 5) is 14.9. The van der Waals surface area contributed by atoms with E-state index in [1.54, 1.807) is 14.2 Å². The highest BCUT2D eigenvalue weighted by atomic mass is 16.5. The Labute approximate surface area is 146 Å². The third-order valence-electron chi connectivity index (χ3n) is 4.62. The lowest BCUT2D eigenvalue weighted by molar-refractivity contribution is -0.136. The van der Waals surface area contributed by atoms with Crippen molar-refractivity contribution in [2.45, 2.75) is 20.3 Å². The van der Waals surface area contributed by atoms with Gasteiger partial charge in [-0.3, -0.25) is 4.79 Å². The number of carbonyl (C=O) groups is 1. The van der Waals surface area contributed by atoms with Crippen LogP contribution in [0.1, 0.15) is 16.7 Å². The maximum Gasteiger partial charge on any atom is 0.307 e. The molecule has 0 saturated carbocycles. The van der Waals surface area contributed by atoms with Crippen LogP contribution >= 0.6 is 0 Å². The summed E-state index contributed by atoms with van der Waals surface area (Å²) in [5.41, 5.74) is 5.50. The van der Waals surface area contributed by atoms with Crippen LogP contribution in [0.3, 0.4) is 0 Å². The second kappa shape index (κ2) is 6.51. The number of aromatic amines is 1. The lowest BCUT2D eigenvalue weighted by atomic mass is 9.99. The van der Waals surface area contributed by atoms with Gasteiger partial charge >= 0.3 is 5.97 Å². The van der Waals surface area contributed by atoms with Crippen LogP contribution in [-0.2, 0) is 11.2 Å². The number of nitrogens with one attached hydrogen (secondary N) is 1. The van der Waals surface area contributed by atoms with Gasteiger partial charge in [-0.25, -0.2) is 0 Å². The lowest BCUT2D eigenvalue weighted by Gasteiger charge is -2.11. The molecule has 0 aliphatic heterocycles. The minimum atomic E-state index is -0.873. The zero-order valence-electron chi connectivity index (χ0n) is 14.8. The Bertz CT molecular complexity index is 956. The van der Waals surface area contributed by atoms with Gasteiger partial charge in [0.1, 0.15) is 11.5 Å². The van der Waals surface area contributed by atoms with Crippen LogP contribution < -0.4 is 9.47 Å². The minimum absolute atomic E-state index is 0.0712. The van der Waals surface area contributed by atoms with Gasteiger partial charge in [0.2, 0.25) is 0 Å². The molecule has 130 valence electrons. The molecule has 1 aromatic heterocycles. The largest absolute Gasteiger partial charge is 0.497 e. The van der Waals surface area contributed by atoms with Gasteiger partial charge in [-0.2, -0.15) is 0 Å². The van der Waals surface area contributed by atoms with Gasteiger partial charge in [0.05, 0.1) is 26.3 Å². The molecule has 2 N–H and O–H groups in total. The van der Waals surface area contributed by atoms with Gasteiger partial charge in [0, 0.05) is 16.5 Å². The Morgan fingerprint density at radius 2 is 1.88 bits per heavy atom. The molecule has 0 amide bonds. The molecule has 0 aliphatic rings. The third-order valence-corrected chi connectivity index (χ3v) is 4.62. The summed E-state index contributed by atoms with van der Waals surface area (Å²) in [6.45, 7) is 4.07. The fraction of sp³-hybridized carbons (Fsp3) is 0.250.